The van der Waals surface area contributed by atoms with Crippen LogP contribution in [0.15, 0.2) is 16.6 Å². The highest BCUT2D eigenvalue weighted by Gasteiger charge is 2.18. The molecular weight excluding hydrogens is 298 g/mol. The Hall–Kier alpha value is -1.23. The summed E-state index contributed by atoms with van der Waals surface area (Å²) >= 11 is 3.38. The molecule has 1 N–H and O–H groups in total. The number of methoxy groups -OCH3 is 1. The number of carbonyl (C=O) groups is 1. The van der Waals surface area contributed by atoms with Crippen molar-refractivity contribution in [2.24, 2.45) is 0 Å². The number of hydrogen-bond acceptors (Lipinski definition) is 3. The van der Waals surface area contributed by atoms with E-state index in [2.05, 4.69) is 21.2 Å². The number of nitrogens with one attached hydrogen (secondary N) is 1. The number of ether oxygens (including phenoxy) is 2. The molecule has 0 saturated carbocycles. The minimum atomic E-state index is -0.527. The lowest BCUT2D eigenvalue weighted by Gasteiger charge is -2.21. The Labute approximate surface area is 116 Å². The van der Waals surface area contributed by atoms with Crippen LogP contribution < -0.4 is 10.1 Å². The molecular formula is C13H18BrNO3. The Morgan fingerprint density at radius 3 is 2.44 bits per heavy atom. The van der Waals surface area contributed by atoms with E-state index in [0.29, 0.717) is 11.4 Å². The van der Waals surface area contributed by atoms with Crippen molar-refractivity contribution in [3.63, 3.8) is 0 Å². The molecule has 0 bridgehead atoms. The third-order valence-electron chi connectivity index (χ3n) is 2.11. The fourth-order valence-electron chi connectivity index (χ4n) is 1.44. The molecule has 5 heteroatoms. The fourth-order valence-corrected chi connectivity index (χ4v) is 1.99. The first-order chi connectivity index (χ1) is 8.23. The molecule has 0 aromatic heterocycles. The highest BCUT2D eigenvalue weighted by atomic mass is 79.9. The summed E-state index contributed by atoms with van der Waals surface area (Å²) in [5, 5.41) is 2.71. The van der Waals surface area contributed by atoms with Gasteiger partial charge in [-0.05, 0) is 45.4 Å². The van der Waals surface area contributed by atoms with Crippen LogP contribution in [0.25, 0.3) is 0 Å². The molecule has 0 saturated heterocycles. The molecule has 1 rings (SSSR count). The number of rotatable bonds is 2. The molecule has 0 aliphatic heterocycles. The van der Waals surface area contributed by atoms with Crippen molar-refractivity contribution in [2.75, 3.05) is 12.4 Å². The van der Waals surface area contributed by atoms with Gasteiger partial charge in [0.1, 0.15) is 11.4 Å². The Bertz CT molecular complexity index is 452. The van der Waals surface area contributed by atoms with Crippen molar-refractivity contribution < 1.29 is 14.3 Å². The number of carbonyl (C=O) groups excluding carboxylic acids is 1. The molecule has 0 heterocycles. The van der Waals surface area contributed by atoms with Crippen LogP contribution in [-0.4, -0.2) is 18.8 Å². The molecule has 0 spiro atoms. The summed E-state index contributed by atoms with van der Waals surface area (Å²) in [5.74, 6) is 0.590. The van der Waals surface area contributed by atoms with E-state index in [-0.39, 0.29) is 0 Å². The van der Waals surface area contributed by atoms with Gasteiger partial charge in [0.25, 0.3) is 0 Å². The number of benzene rings is 1. The second kappa shape index (κ2) is 5.61. The summed E-state index contributed by atoms with van der Waals surface area (Å²) < 4.78 is 11.3. The predicted molar refractivity (Wildman–Crippen MR) is 75.3 cm³/mol. The molecule has 0 unspecified atom stereocenters. The zero-order valence-corrected chi connectivity index (χ0v) is 12.8. The van der Waals surface area contributed by atoms with Crippen LogP contribution in [0.4, 0.5) is 10.5 Å². The van der Waals surface area contributed by atoms with Gasteiger partial charge in [-0.25, -0.2) is 4.79 Å². The molecule has 0 aliphatic rings. The summed E-state index contributed by atoms with van der Waals surface area (Å²) in [6, 6.07) is 3.69. The van der Waals surface area contributed by atoms with Crippen molar-refractivity contribution >= 4 is 27.7 Å². The van der Waals surface area contributed by atoms with Gasteiger partial charge in [0.15, 0.2) is 0 Å². The zero-order valence-electron chi connectivity index (χ0n) is 11.3. The van der Waals surface area contributed by atoms with Crippen LogP contribution in [0.1, 0.15) is 26.3 Å². The summed E-state index contributed by atoms with van der Waals surface area (Å²) in [7, 11) is 1.56. The van der Waals surface area contributed by atoms with Crippen molar-refractivity contribution in [3.05, 3.63) is 22.2 Å². The summed E-state index contributed by atoms with van der Waals surface area (Å²) in [4.78, 5) is 11.7. The summed E-state index contributed by atoms with van der Waals surface area (Å²) in [6.45, 7) is 7.34. The molecule has 1 amide bonds. The van der Waals surface area contributed by atoms with Gasteiger partial charge >= 0.3 is 6.09 Å². The lowest BCUT2D eigenvalue weighted by Crippen LogP contribution is -2.27. The van der Waals surface area contributed by atoms with Crippen LogP contribution >= 0.6 is 15.9 Å². The summed E-state index contributed by atoms with van der Waals surface area (Å²) in [5.41, 5.74) is 0.989. The smallest absolute Gasteiger partial charge is 0.412 e. The molecule has 1 aromatic rings. The SMILES string of the molecule is COc1cc(Br)cc(C)c1NC(=O)OC(C)(C)C. The van der Waals surface area contributed by atoms with E-state index in [1.165, 1.54) is 0 Å². The van der Waals surface area contributed by atoms with Gasteiger partial charge in [0, 0.05) is 4.47 Å². The highest BCUT2D eigenvalue weighted by molar-refractivity contribution is 9.10. The second-order valence-corrected chi connectivity index (χ2v) is 5.84. The van der Waals surface area contributed by atoms with Gasteiger partial charge in [0.05, 0.1) is 12.8 Å². The van der Waals surface area contributed by atoms with Crippen molar-refractivity contribution in [3.8, 4) is 5.75 Å². The lowest BCUT2D eigenvalue weighted by atomic mass is 10.2. The third kappa shape index (κ3) is 4.22. The van der Waals surface area contributed by atoms with E-state index in [0.717, 1.165) is 10.0 Å². The van der Waals surface area contributed by atoms with E-state index in [1.54, 1.807) is 13.2 Å². The first kappa shape index (κ1) is 14.8. The van der Waals surface area contributed by atoms with E-state index >= 15 is 0 Å². The van der Waals surface area contributed by atoms with Gasteiger partial charge in [-0.15, -0.1) is 0 Å². The maximum absolute atomic E-state index is 11.7. The molecule has 0 radical (unpaired) electrons. The molecule has 1 aromatic carbocycles. The van der Waals surface area contributed by atoms with Crippen molar-refractivity contribution in [1.82, 2.24) is 0 Å². The maximum Gasteiger partial charge on any atom is 0.412 e. The van der Waals surface area contributed by atoms with Gasteiger partial charge < -0.3 is 9.47 Å². The first-order valence-corrected chi connectivity index (χ1v) is 6.36. The number of hydrogen-bond donors (Lipinski definition) is 1. The monoisotopic (exact) mass is 315 g/mol. The molecule has 0 aliphatic carbocycles. The molecule has 0 fully saturated rings. The van der Waals surface area contributed by atoms with Gasteiger partial charge in [0.2, 0.25) is 0 Å². The molecule has 18 heavy (non-hydrogen) atoms. The minimum absolute atomic E-state index is 0.494. The van der Waals surface area contributed by atoms with Crippen LogP contribution in [0.3, 0.4) is 0 Å². The van der Waals surface area contributed by atoms with Crippen LogP contribution in [0.2, 0.25) is 0 Å². The van der Waals surface area contributed by atoms with Crippen molar-refractivity contribution in [1.29, 1.82) is 0 Å². The molecule has 0 atom stereocenters. The van der Waals surface area contributed by atoms with Gasteiger partial charge in [-0.1, -0.05) is 15.9 Å². The molecule has 100 valence electrons. The number of amides is 1. The fraction of sp³-hybridized carbons (Fsp3) is 0.462. The normalized spacial score (nSPS) is 11.0. The quantitative estimate of drug-likeness (QED) is 0.893. The average molecular weight is 316 g/mol. The minimum Gasteiger partial charge on any atom is -0.495 e. The van der Waals surface area contributed by atoms with Crippen molar-refractivity contribution in [2.45, 2.75) is 33.3 Å². The van der Waals surface area contributed by atoms with E-state index in [9.17, 15) is 4.79 Å². The van der Waals surface area contributed by atoms with E-state index in [1.807, 2.05) is 33.8 Å². The standard InChI is InChI=1S/C13H18BrNO3/c1-8-6-9(14)7-10(17-5)11(8)15-12(16)18-13(2,3)4/h6-7H,1-5H3,(H,15,16). The third-order valence-corrected chi connectivity index (χ3v) is 2.57. The first-order valence-electron chi connectivity index (χ1n) is 5.57. The molecule has 4 nitrogen and oxygen atoms in total. The van der Waals surface area contributed by atoms with Gasteiger partial charge in [-0.2, -0.15) is 0 Å². The van der Waals surface area contributed by atoms with Gasteiger partial charge in [-0.3, -0.25) is 5.32 Å². The maximum atomic E-state index is 11.7. The largest absolute Gasteiger partial charge is 0.495 e. The van der Waals surface area contributed by atoms with Crippen LogP contribution in [0.5, 0.6) is 5.75 Å². The Morgan fingerprint density at radius 1 is 1.33 bits per heavy atom. The van der Waals surface area contributed by atoms with E-state index < -0.39 is 11.7 Å². The van der Waals surface area contributed by atoms with E-state index in [4.69, 9.17) is 9.47 Å². The number of aryl methyl sites for hydroxylation is 1. The highest BCUT2D eigenvalue weighted by Crippen LogP contribution is 2.32. The predicted octanol–water partition coefficient (Wildman–Crippen LogP) is 4.11. The second-order valence-electron chi connectivity index (χ2n) is 4.93. The topological polar surface area (TPSA) is 47.6 Å². The van der Waals surface area contributed by atoms with Crippen LogP contribution in [0, 0.1) is 6.92 Å². The summed E-state index contributed by atoms with van der Waals surface area (Å²) in [6.07, 6.45) is -0.494. The Morgan fingerprint density at radius 2 is 1.94 bits per heavy atom. The lowest BCUT2D eigenvalue weighted by molar-refractivity contribution is 0.0635. The number of halogens is 1. The van der Waals surface area contributed by atoms with Crippen LogP contribution in [-0.2, 0) is 4.74 Å². The number of anilines is 1. The Kier molecular flexibility index (Phi) is 4.62. The average Bonchev–Trinajstić information content (AvgIpc) is 2.18. The Balaban J connectivity index is 2.94. The zero-order chi connectivity index (χ0) is 13.9.